The maximum atomic E-state index is 11.3. The number of carbonyl (C=O) groups is 1. The highest BCUT2D eigenvalue weighted by atomic mass is 16.5. The Morgan fingerprint density at radius 3 is 1.74 bits per heavy atom. The average Bonchev–Trinajstić information content (AvgIpc) is 2.09. The number of carbonyl (C=O) groups excluding carboxylic acids is 1. The van der Waals surface area contributed by atoms with Gasteiger partial charge in [-0.15, -0.1) is 0 Å². The Labute approximate surface area is 119 Å². The largest absolute Gasteiger partial charge is 0.457 e. The molecule has 112 valence electrons. The zero-order valence-electron chi connectivity index (χ0n) is 14.3. The van der Waals surface area contributed by atoms with E-state index in [0.717, 1.165) is 12.0 Å². The van der Waals surface area contributed by atoms with Crippen molar-refractivity contribution in [2.45, 2.75) is 74.8 Å². The lowest BCUT2D eigenvalue weighted by Crippen LogP contribution is -2.41. The van der Waals surface area contributed by atoms with E-state index in [1.165, 1.54) is 6.92 Å². The van der Waals surface area contributed by atoms with Gasteiger partial charge in [0.05, 0.1) is 0 Å². The van der Waals surface area contributed by atoms with Crippen LogP contribution in [0.5, 0.6) is 0 Å². The molecule has 0 aromatic carbocycles. The number of hydrogen-bond acceptors (Lipinski definition) is 2. The van der Waals surface area contributed by atoms with E-state index in [0.29, 0.717) is 0 Å². The summed E-state index contributed by atoms with van der Waals surface area (Å²) in [4.78, 5) is 11.3. The number of rotatable bonds is 5. The van der Waals surface area contributed by atoms with Crippen LogP contribution in [0, 0.1) is 16.2 Å². The molecule has 0 saturated heterocycles. The maximum absolute atomic E-state index is 11.3. The third-order valence-corrected chi connectivity index (χ3v) is 4.37. The van der Waals surface area contributed by atoms with Crippen molar-refractivity contribution in [3.05, 3.63) is 12.2 Å². The van der Waals surface area contributed by atoms with E-state index in [1.807, 2.05) is 6.92 Å². The van der Waals surface area contributed by atoms with Crippen molar-refractivity contribution in [2.24, 2.45) is 16.2 Å². The molecule has 0 aliphatic carbocycles. The lowest BCUT2D eigenvalue weighted by molar-refractivity contribution is -0.151. The minimum absolute atomic E-state index is 0.131. The molecular formula is C17H32O2. The first-order valence-electron chi connectivity index (χ1n) is 7.03. The smallest absolute Gasteiger partial charge is 0.303 e. The summed E-state index contributed by atoms with van der Waals surface area (Å²) in [6.45, 7) is 23.0. The summed E-state index contributed by atoms with van der Waals surface area (Å²) < 4.78 is 5.50. The lowest BCUT2D eigenvalue weighted by atomic mass is 9.60. The number of esters is 1. The fraction of sp³-hybridized carbons (Fsp3) is 0.824. The van der Waals surface area contributed by atoms with E-state index in [4.69, 9.17) is 4.74 Å². The van der Waals surface area contributed by atoms with Crippen LogP contribution in [0.4, 0.5) is 0 Å². The highest BCUT2D eigenvalue weighted by molar-refractivity contribution is 5.66. The van der Waals surface area contributed by atoms with Gasteiger partial charge in [-0.25, -0.2) is 0 Å². The van der Waals surface area contributed by atoms with Crippen molar-refractivity contribution >= 4 is 5.97 Å². The summed E-state index contributed by atoms with van der Waals surface area (Å²) in [6, 6.07) is 0. The van der Waals surface area contributed by atoms with Gasteiger partial charge in [0.2, 0.25) is 0 Å². The van der Waals surface area contributed by atoms with Gasteiger partial charge in [-0.3, -0.25) is 4.79 Å². The Morgan fingerprint density at radius 1 is 1.05 bits per heavy atom. The first-order chi connectivity index (χ1) is 8.21. The summed E-state index contributed by atoms with van der Waals surface area (Å²) in [7, 11) is 0. The lowest BCUT2D eigenvalue weighted by Gasteiger charge is -2.46. The quantitative estimate of drug-likeness (QED) is 0.519. The van der Waals surface area contributed by atoms with E-state index in [2.05, 4.69) is 55.0 Å². The molecule has 0 saturated carbocycles. The molecule has 0 radical (unpaired) electrons. The fourth-order valence-corrected chi connectivity index (χ4v) is 2.59. The third-order valence-electron chi connectivity index (χ3n) is 4.37. The molecule has 0 rings (SSSR count). The minimum atomic E-state index is -0.241. The second kappa shape index (κ2) is 5.68. The highest BCUT2D eigenvalue weighted by Crippen LogP contribution is 2.48. The van der Waals surface area contributed by atoms with Gasteiger partial charge >= 0.3 is 5.97 Å². The molecule has 0 amide bonds. The van der Waals surface area contributed by atoms with Crippen molar-refractivity contribution in [3.8, 4) is 0 Å². The first kappa shape index (κ1) is 18.2. The van der Waals surface area contributed by atoms with Crippen molar-refractivity contribution in [1.82, 2.24) is 0 Å². The molecular weight excluding hydrogens is 236 g/mol. The van der Waals surface area contributed by atoms with Crippen molar-refractivity contribution in [1.29, 1.82) is 0 Å². The minimum Gasteiger partial charge on any atom is -0.457 e. The van der Waals surface area contributed by atoms with E-state index in [1.54, 1.807) is 0 Å². The average molecular weight is 268 g/mol. The van der Waals surface area contributed by atoms with Crippen LogP contribution in [-0.4, -0.2) is 12.1 Å². The third kappa shape index (κ3) is 5.00. The molecule has 0 heterocycles. The summed E-state index contributed by atoms with van der Waals surface area (Å²) in [5.41, 5.74) is 1.11. The van der Waals surface area contributed by atoms with Crippen molar-refractivity contribution in [2.75, 3.05) is 0 Å². The second-order valence-electron chi connectivity index (χ2n) is 8.14. The molecule has 1 atom stereocenters. The summed E-state index contributed by atoms with van der Waals surface area (Å²) in [5, 5.41) is 0. The van der Waals surface area contributed by atoms with Gasteiger partial charge in [0, 0.05) is 12.3 Å². The number of ether oxygens (including phenoxy) is 1. The molecule has 0 fully saturated rings. The van der Waals surface area contributed by atoms with Gasteiger partial charge < -0.3 is 4.74 Å². The van der Waals surface area contributed by atoms with E-state index in [9.17, 15) is 4.79 Å². The Balaban J connectivity index is 5.23. The van der Waals surface area contributed by atoms with Gasteiger partial charge in [0.15, 0.2) is 0 Å². The molecule has 0 N–H and O–H groups in total. The van der Waals surface area contributed by atoms with Crippen LogP contribution in [0.1, 0.15) is 68.7 Å². The van der Waals surface area contributed by atoms with Gasteiger partial charge in [-0.2, -0.15) is 0 Å². The van der Waals surface area contributed by atoms with Gasteiger partial charge in [-0.1, -0.05) is 55.0 Å². The normalized spacial score (nSPS) is 15.0. The second-order valence-corrected chi connectivity index (χ2v) is 8.14. The van der Waals surface area contributed by atoms with Gasteiger partial charge in [-0.05, 0) is 29.7 Å². The van der Waals surface area contributed by atoms with Crippen LogP contribution >= 0.6 is 0 Å². The molecule has 2 heteroatoms. The topological polar surface area (TPSA) is 26.3 Å². The van der Waals surface area contributed by atoms with Gasteiger partial charge in [0.25, 0.3) is 0 Å². The van der Waals surface area contributed by atoms with Crippen LogP contribution in [-0.2, 0) is 9.53 Å². The molecule has 0 spiro atoms. The van der Waals surface area contributed by atoms with Crippen molar-refractivity contribution in [3.63, 3.8) is 0 Å². The van der Waals surface area contributed by atoms with E-state index >= 15 is 0 Å². The Kier molecular flexibility index (Phi) is 5.45. The first-order valence-corrected chi connectivity index (χ1v) is 7.03. The van der Waals surface area contributed by atoms with Crippen LogP contribution in [0.3, 0.4) is 0 Å². The monoisotopic (exact) mass is 268 g/mol. The molecule has 1 unspecified atom stereocenters. The highest BCUT2D eigenvalue weighted by Gasteiger charge is 2.42. The van der Waals surface area contributed by atoms with E-state index in [-0.39, 0.29) is 28.3 Å². The standard InChI is InChI=1S/C17H32O2/c1-12(2)14(19-13(3)18)16(7,8)11-17(9,10)15(4,5)6/h14H,1,11H2,2-10H3. The van der Waals surface area contributed by atoms with E-state index < -0.39 is 0 Å². The maximum Gasteiger partial charge on any atom is 0.303 e. The predicted molar refractivity (Wildman–Crippen MR) is 82.0 cm³/mol. The summed E-state index contributed by atoms with van der Waals surface area (Å²) >= 11 is 0. The Morgan fingerprint density at radius 2 is 1.47 bits per heavy atom. The molecule has 0 aromatic rings. The fourth-order valence-electron chi connectivity index (χ4n) is 2.59. The van der Waals surface area contributed by atoms with Crippen LogP contribution < -0.4 is 0 Å². The zero-order chi connectivity index (χ0) is 15.6. The summed E-state index contributed by atoms with van der Waals surface area (Å²) in [5.74, 6) is -0.241. The molecule has 2 nitrogen and oxygen atoms in total. The Bertz CT molecular complexity index is 343. The predicted octanol–water partition coefficient (Wildman–Crippen LogP) is 4.98. The zero-order valence-corrected chi connectivity index (χ0v) is 14.3. The van der Waals surface area contributed by atoms with Gasteiger partial charge in [0.1, 0.15) is 6.10 Å². The molecule has 0 aromatic heterocycles. The molecule has 19 heavy (non-hydrogen) atoms. The van der Waals surface area contributed by atoms with Crippen LogP contribution in [0.15, 0.2) is 12.2 Å². The van der Waals surface area contributed by atoms with Crippen LogP contribution in [0.2, 0.25) is 0 Å². The molecule has 0 aliphatic heterocycles. The van der Waals surface area contributed by atoms with Crippen LogP contribution in [0.25, 0.3) is 0 Å². The molecule has 0 bridgehead atoms. The number of hydrogen-bond donors (Lipinski definition) is 0. The SMILES string of the molecule is C=C(C)C(OC(C)=O)C(C)(C)CC(C)(C)C(C)(C)C. The molecule has 0 aliphatic rings. The summed E-state index contributed by atoms with van der Waals surface area (Å²) in [6.07, 6.45) is 0.737. The van der Waals surface area contributed by atoms with Crippen molar-refractivity contribution < 1.29 is 9.53 Å². The Hall–Kier alpha value is -0.790.